The first-order valence-electron chi connectivity index (χ1n) is 14.3. The highest BCUT2D eigenvalue weighted by Gasteiger charge is 2.21. The van der Waals surface area contributed by atoms with Gasteiger partial charge in [0.05, 0.1) is 5.69 Å². The van der Waals surface area contributed by atoms with Gasteiger partial charge >= 0.3 is 0 Å². The van der Waals surface area contributed by atoms with E-state index in [-0.39, 0.29) is 0 Å². The number of nitrogens with zero attached hydrogens (tertiary/aromatic N) is 6. The minimum absolute atomic E-state index is 0.842. The highest BCUT2D eigenvalue weighted by atomic mass is 35.5. The lowest BCUT2D eigenvalue weighted by Crippen LogP contribution is -2.35. The van der Waals surface area contributed by atoms with Gasteiger partial charge in [-0.2, -0.15) is 0 Å². The molecule has 10 heteroatoms. The number of anilines is 1. The summed E-state index contributed by atoms with van der Waals surface area (Å²) in [6.45, 7) is 9.27. The molecule has 1 aromatic heterocycles. The Morgan fingerprint density at radius 1 is 0.825 bits per heavy atom. The van der Waals surface area contributed by atoms with E-state index < -0.39 is 0 Å². The molecule has 5 rings (SSSR count). The third-order valence-electron chi connectivity index (χ3n) is 7.42. The van der Waals surface area contributed by atoms with Crippen molar-refractivity contribution in [1.82, 2.24) is 23.0 Å². The second-order valence-electron chi connectivity index (χ2n) is 10.8. The Morgan fingerprint density at radius 3 is 2.25 bits per heavy atom. The van der Waals surface area contributed by atoms with Crippen molar-refractivity contribution in [1.29, 1.82) is 0 Å². The highest BCUT2D eigenvalue weighted by Crippen LogP contribution is 2.30. The molecule has 2 aliphatic rings. The summed E-state index contributed by atoms with van der Waals surface area (Å²) in [5.74, 6) is 0. The van der Waals surface area contributed by atoms with E-state index in [1.807, 2.05) is 36.2 Å². The maximum absolute atomic E-state index is 6.25. The quantitative estimate of drug-likeness (QED) is 0.290. The molecule has 40 heavy (non-hydrogen) atoms. The molecule has 7 nitrogen and oxygen atoms in total. The summed E-state index contributed by atoms with van der Waals surface area (Å²) in [5, 5.41) is 5.02. The Hall–Kier alpha value is -1.72. The highest BCUT2D eigenvalue weighted by molar-refractivity contribution is 7.97. The van der Waals surface area contributed by atoms with E-state index in [1.165, 1.54) is 21.7 Å². The van der Waals surface area contributed by atoms with Crippen LogP contribution >= 0.6 is 35.7 Å². The molecule has 0 aliphatic carbocycles. The molecule has 0 radical (unpaired) electrons. The molecule has 1 saturated heterocycles. The number of fused-ring (bicyclic) bond motifs is 1. The van der Waals surface area contributed by atoms with Gasteiger partial charge in [-0.05, 0) is 98.2 Å². The SMILES string of the molecule is CN(C)c1ccc(SN2CCCN(Cc3ccon3)CCCN(SN3CCc4cc(Cl)ccc4C3)CCC2)cc1. The Morgan fingerprint density at radius 2 is 1.55 bits per heavy atom. The third-order valence-corrected chi connectivity index (χ3v) is 9.90. The molecule has 2 aliphatic heterocycles. The Balaban J connectivity index is 1.23. The van der Waals surface area contributed by atoms with Gasteiger partial charge in [-0.3, -0.25) is 4.90 Å². The summed E-state index contributed by atoms with van der Waals surface area (Å²) < 4.78 is 12.8. The number of benzene rings is 2. The minimum atomic E-state index is 0.842. The van der Waals surface area contributed by atoms with Gasteiger partial charge in [0.2, 0.25) is 0 Å². The molecule has 0 N–H and O–H groups in total. The van der Waals surface area contributed by atoms with Gasteiger partial charge in [0.25, 0.3) is 0 Å². The molecular formula is C30H41ClN6OS2. The van der Waals surface area contributed by atoms with Crippen LogP contribution in [0.15, 0.2) is 64.2 Å². The van der Waals surface area contributed by atoms with Crippen LogP contribution in [0.3, 0.4) is 0 Å². The number of hydrogen-bond donors (Lipinski definition) is 0. The first kappa shape index (κ1) is 29.8. The lowest BCUT2D eigenvalue weighted by atomic mass is 10.0. The van der Waals surface area contributed by atoms with Crippen LogP contribution in [0.5, 0.6) is 0 Å². The van der Waals surface area contributed by atoms with Crippen molar-refractivity contribution < 1.29 is 4.52 Å². The van der Waals surface area contributed by atoms with Gasteiger partial charge in [0.1, 0.15) is 6.26 Å². The molecular weight excluding hydrogens is 560 g/mol. The topological polar surface area (TPSA) is 42.2 Å². The van der Waals surface area contributed by atoms with Crippen molar-refractivity contribution in [2.24, 2.45) is 0 Å². The average molecular weight is 601 g/mol. The number of rotatable bonds is 7. The van der Waals surface area contributed by atoms with Crippen LogP contribution in [0.2, 0.25) is 5.02 Å². The molecule has 2 aromatic carbocycles. The van der Waals surface area contributed by atoms with Gasteiger partial charge < -0.3 is 9.42 Å². The van der Waals surface area contributed by atoms with Crippen molar-refractivity contribution in [3.8, 4) is 0 Å². The first-order valence-corrected chi connectivity index (χ1v) is 16.2. The Bertz CT molecular complexity index is 1180. The molecule has 1 fully saturated rings. The van der Waals surface area contributed by atoms with E-state index >= 15 is 0 Å². The zero-order chi connectivity index (χ0) is 27.7. The van der Waals surface area contributed by atoms with Crippen LogP contribution in [0.25, 0.3) is 0 Å². The molecule has 0 unspecified atom stereocenters. The molecule has 3 aromatic rings. The molecule has 216 valence electrons. The summed E-state index contributed by atoms with van der Waals surface area (Å²) in [5.41, 5.74) is 5.04. The lowest BCUT2D eigenvalue weighted by molar-refractivity contribution is 0.229. The molecule has 0 saturated carbocycles. The van der Waals surface area contributed by atoms with Gasteiger partial charge in [-0.1, -0.05) is 22.8 Å². The second-order valence-corrected chi connectivity index (χ2v) is 13.6. The lowest BCUT2D eigenvalue weighted by Gasteiger charge is -2.33. The van der Waals surface area contributed by atoms with Crippen LogP contribution in [0.4, 0.5) is 5.69 Å². The van der Waals surface area contributed by atoms with Crippen molar-refractivity contribution >= 4 is 41.4 Å². The summed E-state index contributed by atoms with van der Waals surface area (Å²) in [6.07, 6.45) is 6.16. The monoisotopic (exact) mass is 600 g/mol. The average Bonchev–Trinajstić information content (AvgIpc) is 3.45. The zero-order valence-electron chi connectivity index (χ0n) is 23.7. The largest absolute Gasteiger partial charge is 0.378 e. The fourth-order valence-corrected chi connectivity index (χ4v) is 7.57. The van der Waals surface area contributed by atoms with Crippen LogP contribution in [-0.4, -0.2) is 82.9 Å². The molecule has 3 heterocycles. The maximum atomic E-state index is 6.25. The van der Waals surface area contributed by atoms with Crippen LogP contribution in [0, 0.1) is 0 Å². The van der Waals surface area contributed by atoms with Crippen molar-refractivity contribution in [2.75, 3.05) is 64.8 Å². The number of hydrogen-bond acceptors (Lipinski definition) is 9. The summed E-state index contributed by atoms with van der Waals surface area (Å²) in [4.78, 5) is 5.99. The van der Waals surface area contributed by atoms with E-state index in [4.69, 9.17) is 16.1 Å². The molecule has 0 bridgehead atoms. The maximum Gasteiger partial charge on any atom is 0.124 e. The fourth-order valence-electron chi connectivity index (χ4n) is 5.26. The predicted octanol–water partition coefficient (Wildman–Crippen LogP) is 6.31. The van der Waals surface area contributed by atoms with E-state index in [0.29, 0.717) is 0 Å². The second kappa shape index (κ2) is 15.0. The van der Waals surface area contributed by atoms with E-state index in [0.717, 1.165) is 95.3 Å². The fraction of sp³-hybridized carbons (Fsp3) is 0.500. The standard InChI is InChI=1S/C30H41ClN6OS2/c1-33(2)29-8-10-30(11-9-29)39-35-16-3-14-34(24-28-13-21-38-32-28)15-4-18-36(19-5-17-35)40-37-20-12-25-22-27(31)7-6-26(25)23-37/h6-11,13,21-22H,3-5,12,14-20,23-24H2,1-2H3. The minimum Gasteiger partial charge on any atom is -0.378 e. The number of halogens is 1. The Labute approximate surface area is 253 Å². The summed E-state index contributed by atoms with van der Waals surface area (Å²) in [7, 11) is 4.18. The van der Waals surface area contributed by atoms with Crippen LogP contribution < -0.4 is 4.90 Å². The van der Waals surface area contributed by atoms with Crippen molar-refractivity contribution in [3.05, 3.63) is 76.6 Å². The Kier molecular flexibility index (Phi) is 11.1. The summed E-state index contributed by atoms with van der Waals surface area (Å²) >= 11 is 10.1. The van der Waals surface area contributed by atoms with Gasteiger partial charge in [0.15, 0.2) is 0 Å². The van der Waals surface area contributed by atoms with Gasteiger partial charge in [-0.15, -0.1) is 0 Å². The van der Waals surface area contributed by atoms with Crippen molar-refractivity contribution in [2.45, 2.75) is 43.7 Å². The van der Waals surface area contributed by atoms with Crippen molar-refractivity contribution in [3.63, 3.8) is 0 Å². The van der Waals surface area contributed by atoms with Gasteiger partial charge in [-0.25, -0.2) is 12.9 Å². The normalized spacial score (nSPS) is 19.1. The third kappa shape index (κ3) is 8.89. The van der Waals surface area contributed by atoms with E-state index in [1.54, 1.807) is 6.26 Å². The van der Waals surface area contributed by atoms with E-state index in [9.17, 15) is 0 Å². The number of aromatic nitrogens is 1. The van der Waals surface area contributed by atoms with Crippen LogP contribution in [0.1, 0.15) is 36.1 Å². The summed E-state index contributed by atoms with van der Waals surface area (Å²) in [6, 6.07) is 17.3. The molecule has 0 spiro atoms. The molecule has 0 atom stereocenters. The van der Waals surface area contributed by atoms with Gasteiger partial charge in [0, 0.05) is 93.7 Å². The van der Waals surface area contributed by atoms with E-state index in [2.05, 4.69) is 78.4 Å². The first-order chi connectivity index (χ1) is 19.5. The van der Waals surface area contributed by atoms with Crippen LogP contribution in [-0.2, 0) is 19.5 Å². The predicted molar refractivity (Wildman–Crippen MR) is 169 cm³/mol. The zero-order valence-corrected chi connectivity index (χ0v) is 26.1. The smallest absolute Gasteiger partial charge is 0.124 e. The molecule has 0 amide bonds.